The molecule has 5 heteroatoms. The van der Waals surface area contributed by atoms with Gasteiger partial charge in [-0.2, -0.15) is 0 Å². The SMILES string of the molecule is Cc1cc(C(=O)NCCCc2ccccc2)nc(NC(C)C)n1. The van der Waals surface area contributed by atoms with Gasteiger partial charge >= 0.3 is 0 Å². The van der Waals surface area contributed by atoms with E-state index in [2.05, 4.69) is 32.7 Å². The monoisotopic (exact) mass is 312 g/mol. The maximum Gasteiger partial charge on any atom is 0.270 e. The van der Waals surface area contributed by atoms with Crippen molar-refractivity contribution in [1.29, 1.82) is 0 Å². The van der Waals surface area contributed by atoms with Gasteiger partial charge in [-0.15, -0.1) is 0 Å². The van der Waals surface area contributed by atoms with Gasteiger partial charge in [0.25, 0.3) is 5.91 Å². The number of carbonyl (C=O) groups is 1. The lowest BCUT2D eigenvalue weighted by Crippen LogP contribution is -2.26. The summed E-state index contributed by atoms with van der Waals surface area (Å²) in [5, 5.41) is 6.05. The number of aryl methyl sites for hydroxylation is 2. The van der Waals surface area contributed by atoms with Gasteiger partial charge in [0.2, 0.25) is 5.95 Å². The van der Waals surface area contributed by atoms with Crippen molar-refractivity contribution in [2.24, 2.45) is 0 Å². The quantitative estimate of drug-likeness (QED) is 0.771. The summed E-state index contributed by atoms with van der Waals surface area (Å²) in [6, 6.07) is 12.2. The molecule has 1 amide bonds. The van der Waals surface area contributed by atoms with Gasteiger partial charge in [-0.25, -0.2) is 9.97 Å². The lowest BCUT2D eigenvalue weighted by molar-refractivity contribution is 0.0948. The van der Waals surface area contributed by atoms with E-state index in [1.54, 1.807) is 6.07 Å². The Morgan fingerprint density at radius 3 is 2.61 bits per heavy atom. The lowest BCUT2D eigenvalue weighted by Gasteiger charge is -2.10. The molecular weight excluding hydrogens is 288 g/mol. The van der Waals surface area contributed by atoms with Crippen LogP contribution in [0.15, 0.2) is 36.4 Å². The molecular formula is C18H24N4O. The molecule has 0 saturated carbocycles. The van der Waals surface area contributed by atoms with Crippen LogP contribution in [0, 0.1) is 6.92 Å². The van der Waals surface area contributed by atoms with E-state index in [9.17, 15) is 4.79 Å². The number of aromatic nitrogens is 2. The van der Waals surface area contributed by atoms with Gasteiger partial charge in [0.15, 0.2) is 0 Å². The highest BCUT2D eigenvalue weighted by Crippen LogP contribution is 2.07. The second kappa shape index (κ2) is 8.27. The number of hydrogen-bond acceptors (Lipinski definition) is 4. The molecule has 0 radical (unpaired) electrons. The van der Waals surface area contributed by atoms with Crippen LogP contribution in [-0.4, -0.2) is 28.5 Å². The fraction of sp³-hybridized carbons (Fsp3) is 0.389. The van der Waals surface area contributed by atoms with Crippen LogP contribution < -0.4 is 10.6 Å². The number of amides is 1. The van der Waals surface area contributed by atoms with Gasteiger partial charge in [0, 0.05) is 18.3 Å². The first-order chi connectivity index (χ1) is 11.0. The molecule has 0 bridgehead atoms. The zero-order valence-corrected chi connectivity index (χ0v) is 14.0. The molecule has 2 rings (SSSR count). The summed E-state index contributed by atoms with van der Waals surface area (Å²) in [4.78, 5) is 20.8. The predicted molar refractivity (Wildman–Crippen MR) is 92.6 cm³/mol. The van der Waals surface area contributed by atoms with Crippen molar-refractivity contribution in [2.45, 2.75) is 39.7 Å². The van der Waals surface area contributed by atoms with Crippen molar-refractivity contribution >= 4 is 11.9 Å². The third kappa shape index (κ3) is 5.70. The number of carbonyl (C=O) groups excluding carboxylic acids is 1. The molecule has 1 aromatic carbocycles. The van der Waals surface area contributed by atoms with E-state index >= 15 is 0 Å². The van der Waals surface area contributed by atoms with Crippen LogP contribution in [-0.2, 0) is 6.42 Å². The molecule has 1 aromatic heterocycles. The van der Waals surface area contributed by atoms with Gasteiger partial charge in [-0.1, -0.05) is 30.3 Å². The number of nitrogens with one attached hydrogen (secondary N) is 2. The summed E-state index contributed by atoms with van der Waals surface area (Å²) < 4.78 is 0. The highest BCUT2D eigenvalue weighted by Gasteiger charge is 2.10. The summed E-state index contributed by atoms with van der Waals surface area (Å²) in [6.07, 6.45) is 1.85. The molecule has 5 nitrogen and oxygen atoms in total. The molecule has 2 aromatic rings. The van der Waals surface area contributed by atoms with E-state index in [-0.39, 0.29) is 11.9 Å². The van der Waals surface area contributed by atoms with Crippen molar-refractivity contribution in [1.82, 2.24) is 15.3 Å². The summed E-state index contributed by atoms with van der Waals surface area (Å²) >= 11 is 0. The molecule has 0 aliphatic heterocycles. The average Bonchev–Trinajstić information content (AvgIpc) is 2.51. The van der Waals surface area contributed by atoms with Crippen molar-refractivity contribution in [3.05, 3.63) is 53.3 Å². The van der Waals surface area contributed by atoms with Crippen LogP contribution in [0.4, 0.5) is 5.95 Å². The van der Waals surface area contributed by atoms with E-state index in [1.807, 2.05) is 39.0 Å². The van der Waals surface area contributed by atoms with E-state index in [0.717, 1.165) is 18.5 Å². The standard InChI is InChI=1S/C18H24N4O/c1-13(2)20-18-21-14(3)12-16(22-18)17(23)19-11-7-10-15-8-5-4-6-9-15/h4-6,8-9,12-13H,7,10-11H2,1-3H3,(H,19,23)(H,20,21,22). The summed E-state index contributed by atoms with van der Waals surface area (Å²) in [5.74, 6) is 0.338. The molecule has 0 aliphatic carbocycles. The Labute approximate surface area is 137 Å². The molecule has 122 valence electrons. The smallest absolute Gasteiger partial charge is 0.270 e. The van der Waals surface area contributed by atoms with Crippen LogP contribution >= 0.6 is 0 Å². The van der Waals surface area contributed by atoms with E-state index in [0.29, 0.717) is 18.2 Å². The first-order valence-corrected chi connectivity index (χ1v) is 7.99. The fourth-order valence-electron chi connectivity index (χ4n) is 2.24. The Morgan fingerprint density at radius 2 is 1.91 bits per heavy atom. The van der Waals surface area contributed by atoms with Crippen molar-refractivity contribution in [3.8, 4) is 0 Å². The van der Waals surface area contributed by atoms with E-state index in [4.69, 9.17) is 0 Å². The number of benzene rings is 1. The van der Waals surface area contributed by atoms with Crippen LogP contribution in [0.1, 0.15) is 42.0 Å². The Kier molecular flexibility index (Phi) is 6.09. The number of rotatable bonds is 7. The summed E-state index contributed by atoms with van der Waals surface area (Å²) in [6.45, 7) is 6.51. The summed E-state index contributed by atoms with van der Waals surface area (Å²) in [5.41, 5.74) is 2.46. The topological polar surface area (TPSA) is 66.9 Å². The second-order valence-electron chi connectivity index (χ2n) is 5.86. The fourth-order valence-corrected chi connectivity index (χ4v) is 2.24. The number of hydrogen-bond donors (Lipinski definition) is 2. The molecule has 0 saturated heterocycles. The van der Waals surface area contributed by atoms with Crippen LogP contribution in [0.5, 0.6) is 0 Å². The number of anilines is 1. The maximum absolute atomic E-state index is 12.2. The largest absolute Gasteiger partial charge is 0.352 e. The number of nitrogens with zero attached hydrogens (tertiary/aromatic N) is 2. The van der Waals surface area contributed by atoms with Crippen molar-refractivity contribution in [3.63, 3.8) is 0 Å². The maximum atomic E-state index is 12.2. The molecule has 0 fully saturated rings. The molecule has 0 aliphatic rings. The van der Waals surface area contributed by atoms with Gasteiger partial charge in [0.05, 0.1) is 0 Å². The minimum Gasteiger partial charge on any atom is -0.352 e. The van der Waals surface area contributed by atoms with Crippen molar-refractivity contribution < 1.29 is 4.79 Å². The van der Waals surface area contributed by atoms with Crippen LogP contribution in [0.25, 0.3) is 0 Å². The Hall–Kier alpha value is -2.43. The van der Waals surface area contributed by atoms with E-state index < -0.39 is 0 Å². The highest BCUT2D eigenvalue weighted by molar-refractivity contribution is 5.92. The first kappa shape index (κ1) is 16.9. The minimum absolute atomic E-state index is 0.157. The molecule has 23 heavy (non-hydrogen) atoms. The third-order valence-corrected chi connectivity index (χ3v) is 3.28. The zero-order valence-electron chi connectivity index (χ0n) is 14.0. The highest BCUT2D eigenvalue weighted by atomic mass is 16.1. The third-order valence-electron chi connectivity index (χ3n) is 3.28. The Morgan fingerprint density at radius 1 is 1.17 bits per heavy atom. The van der Waals surface area contributed by atoms with Gasteiger partial charge in [-0.05, 0) is 45.2 Å². The summed E-state index contributed by atoms with van der Waals surface area (Å²) in [7, 11) is 0. The normalized spacial score (nSPS) is 10.6. The molecule has 1 heterocycles. The zero-order chi connectivity index (χ0) is 16.7. The Balaban J connectivity index is 1.86. The minimum atomic E-state index is -0.157. The Bertz CT molecular complexity index is 641. The van der Waals surface area contributed by atoms with Gasteiger partial charge in [0.1, 0.15) is 5.69 Å². The average molecular weight is 312 g/mol. The first-order valence-electron chi connectivity index (χ1n) is 7.99. The van der Waals surface area contributed by atoms with Crippen LogP contribution in [0.2, 0.25) is 0 Å². The molecule has 0 spiro atoms. The molecule has 2 N–H and O–H groups in total. The van der Waals surface area contributed by atoms with Crippen molar-refractivity contribution in [2.75, 3.05) is 11.9 Å². The van der Waals surface area contributed by atoms with E-state index in [1.165, 1.54) is 5.56 Å². The predicted octanol–water partition coefficient (Wildman–Crippen LogP) is 2.97. The van der Waals surface area contributed by atoms with Gasteiger partial charge < -0.3 is 10.6 Å². The second-order valence-corrected chi connectivity index (χ2v) is 5.86. The molecule has 0 atom stereocenters. The van der Waals surface area contributed by atoms with Crippen LogP contribution in [0.3, 0.4) is 0 Å². The van der Waals surface area contributed by atoms with Gasteiger partial charge in [-0.3, -0.25) is 4.79 Å². The lowest BCUT2D eigenvalue weighted by atomic mass is 10.1. The molecule has 0 unspecified atom stereocenters.